The van der Waals surface area contributed by atoms with E-state index in [1.807, 2.05) is 18.2 Å². The van der Waals surface area contributed by atoms with E-state index in [0.717, 1.165) is 18.8 Å². The molecule has 0 saturated carbocycles. The van der Waals surface area contributed by atoms with E-state index < -0.39 is 0 Å². The van der Waals surface area contributed by atoms with Crippen LogP contribution in [0.15, 0.2) is 60.8 Å². The van der Waals surface area contributed by atoms with Crippen molar-refractivity contribution in [2.24, 2.45) is 0 Å². The maximum atomic E-state index is 13.7. The third-order valence-electron chi connectivity index (χ3n) is 4.92. The molecular weight excluding hydrogens is 353 g/mol. The predicted molar refractivity (Wildman–Crippen MR) is 112 cm³/mol. The molecule has 0 spiro atoms. The minimum atomic E-state index is -0.226. The van der Waals surface area contributed by atoms with Crippen molar-refractivity contribution < 1.29 is 4.39 Å². The van der Waals surface area contributed by atoms with Crippen LogP contribution < -0.4 is 15.5 Å². The Hall–Kier alpha value is -3.15. The number of rotatable bonds is 6. The monoisotopic (exact) mass is 377 g/mol. The van der Waals surface area contributed by atoms with E-state index >= 15 is 0 Å². The Morgan fingerprint density at radius 3 is 2.50 bits per heavy atom. The van der Waals surface area contributed by atoms with Crippen molar-refractivity contribution in [1.82, 2.24) is 9.97 Å². The van der Waals surface area contributed by atoms with Gasteiger partial charge in [0.05, 0.1) is 0 Å². The third kappa shape index (κ3) is 4.57. The maximum absolute atomic E-state index is 13.7. The van der Waals surface area contributed by atoms with Gasteiger partial charge in [0.1, 0.15) is 11.6 Å². The number of benzene rings is 2. The summed E-state index contributed by atoms with van der Waals surface area (Å²) in [5.41, 5.74) is 2.79. The molecule has 4 rings (SSSR count). The molecule has 1 fully saturated rings. The van der Waals surface area contributed by atoms with Crippen LogP contribution in [-0.2, 0) is 6.54 Å². The summed E-state index contributed by atoms with van der Waals surface area (Å²) in [6.45, 7) is 2.63. The summed E-state index contributed by atoms with van der Waals surface area (Å²) in [5, 5.41) is 6.37. The van der Waals surface area contributed by atoms with Crippen molar-refractivity contribution >= 4 is 23.1 Å². The van der Waals surface area contributed by atoms with Gasteiger partial charge in [-0.1, -0.05) is 18.2 Å². The number of nitrogens with zero attached hydrogens (tertiary/aromatic N) is 3. The molecule has 2 heterocycles. The summed E-state index contributed by atoms with van der Waals surface area (Å²) in [6.07, 6.45) is 5.54. The summed E-state index contributed by atoms with van der Waals surface area (Å²) >= 11 is 0. The Balaban J connectivity index is 1.38. The first-order valence-electron chi connectivity index (χ1n) is 9.70. The van der Waals surface area contributed by atoms with Crippen molar-refractivity contribution in [3.8, 4) is 0 Å². The molecule has 144 valence electrons. The highest BCUT2D eigenvalue weighted by molar-refractivity contribution is 5.60. The van der Waals surface area contributed by atoms with E-state index in [1.54, 1.807) is 24.4 Å². The van der Waals surface area contributed by atoms with E-state index in [-0.39, 0.29) is 5.82 Å². The molecule has 0 atom stereocenters. The molecule has 0 amide bonds. The quantitative estimate of drug-likeness (QED) is 0.636. The normalized spacial score (nSPS) is 14.0. The second kappa shape index (κ2) is 8.69. The number of anilines is 4. The summed E-state index contributed by atoms with van der Waals surface area (Å²) in [5.74, 6) is 0.922. The lowest BCUT2D eigenvalue weighted by Crippen LogP contribution is -2.29. The van der Waals surface area contributed by atoms with Gasteiger partial charge in [-0.2, -0.15) is 4.98 Å². The molecule has 2 N–H and O–H groups in total. The number of halogens is 1. The van der Waals surface area contributed by atoms with Crippen LogP contribution in [0.4, 0.5) is 27.5 Å². The summed E-state index contributed by atoms with van der Waals surface area (Å²) in [7, 11) is 0. The number of nitrogens with one attached hydrogen (secondary N) is 2. The van der Waals surface area contributed by atoms with Crippen molar-refractivity contribution in [2.45, 2.75) is 25.8 Å². The Kier molecular flexibility index (Phi) is 5.66. The van der Waals surface area contributed by atoms with Crippen molar-refractivity contribution in [1.29, 1.82) is 0 Å². The van der Waals surface area contributed by atoms with Crippen molar-refractivity contribution in [2.75, 3.05) is 28.6 Å². The van der Waals surface area contributed by atoms with Gasteiger partial charge in [0.15, 0.2) is 0 Å². The van der Waals surface area contributed by atoms with Gasteiger partial charge in [0, 0.05) is 42.8 Å². The van der Waals surface area contributed by atoms with Crippen LogP contribution in [0.5, 0.6) is 0 Å². The lowest BCUT2D eigenvalue weighted by molar-refractivity contribution is 0.578. The van der Waals surface area contributed by atoms with Gasteiger partial charge in [-0.25, -0.2) is 9.37 Å². The molecular formula is C22H24FN5. The number of aromatic nitrogens is 2. The van der Waals surface area contributed by atoms with Crippen molar-refractivity contribution in [3.05, 3.63) is 72.2 Å². The largest absolute Gasteiger partial charge is 0.372 e. The van der Waals surface area contributed by atoms with Crippen LogP contribution >= 0.6 is 0 Å². The Bertz CT molecular complexity index is 907. The topological polar surface area (TPSA) is 53.1 Å². The zero-order valence-electron chi connectivity index (χ0n) is 15.7. The van der Waals surface area contributed by atoms with E-state index in [0.29, 0.717) is 23.9 Å². The predicted octanol–water partition coefficient (Wildman–Crippen LogP) is 4.96. The number of piperidine rings is 1. The standard InChI is InChI=1S/C22H24FN5/c23-20-7-3-2-6-17(20)16-25-21-12-13-24-22(27-21)26-18-8-10-19(11-9-18)28-14-4-1-5-15-28/h2-3,6-13H,1,4-5,14-16H2,(H2,24,25,26,27). The molecule has 28 heavy (non-hydrogen) atoms. The molecule has 0 aliphatic carbocycles. The van der Waals surface area contributed by atoms with E-state index in [4.69, 9.17) is 0 Å². The Morgan fingerprint density at radius 1 is 0.929 bits per heavy atom. The summed E-state index contributed by atoms with van der Waals surface area (Å²) in [4.78, 5) is 11.2. The minimum absolute atomic E-state index is 0.226. The first-order valence-corrected chi connectivity index (χ1v) is 9.70. The van der Waals surface area contributed by atoms with Gasteiger partial charge in [0.25, 0.3) is 0 Å². The van der Waals surface area contributed by atoms with Gasteiger partial charge < -0.3 is 15.5 Å². The SMILES string of the molecule is Fc1ccccc1CNc1ccnc(Nc2ccc(N3CCCCC3)cc2)n1. The zero-order chi connectivity index (χ0) is 19.2. The second-order valence-corrected chi connectivity index (χ2v) is 6.93. The van der Waals surface area contributed by atoms with E-state index in [2.05, 4.69) is 37.6 Å². The lowest BCUT2D eigenvalue weighted by atomic mass is 10.1. The van der Waals surface area contributed by atoms with Crippen LogP contribution in [0.3, 0.4) is 0 Å². The fourth-order valence-electron chi connectivity index (χ4n) is 3.38. The van der Waals surface area contributed by atoms with Gasteiger partial charge in [-0.3, -0.25) is 0 Å². The minimum Gasteiger partial charge on any atom is -0.372 e. The number of hydrogen-bond donors (Lipinski definition) is 2. The highest BCUT2D eigenvalue weighted by atomic mass is 19.1. The van der Waals surface area contributed by atoms with Gasteiger partial charge in [-0.05, 0) is 55.7 Å². The van der Waals surface area contributed by atoms with Gasteiger partial charge in [0.2, 0.25) is 5.95 Å². The molecule has 2 aromatic carbocycles. The van der Waals surface area contributed by atoms with Crippen LogP contribution in [0.1, 0.15) is 24.8 Å². The fourth-order valence-corrected chi connectivity index (χ4v) is 3.38. The summed E-state index contributed by atoms with van der Waals surface area (Å²) < 4.78 is 13.7. The molecule has 1 aliphatic rings. The molecule has 6 heteroatoms. The Labute approximate surface area is 164 Å². The molecule has 0 radical (unpaired) electrons. The summed E-state index contributed by atoms with van der Waals surface area (Å²) in [6, 6.07) is 16.8. The second-order valence-electron chi connectivity index (χ2n) is 6.93. The van der Waals surface area contributed by atoms with Gasteiger partial charge >= 0.3 is 0 Å². The van der Waals surface area contributed by atoms with Crippen LogP contribution in [0, 0.1) is 5.82 Å². The number of hydrogen-bond acceptors (Lipinski definition) is 5. The Morgan fingerprint density at radius 2 is 1.71 bits per heavy atom. The molecule has 5 nitrogen and oxygen atoms in total. The fraction of sp³-hybridized carbons (Fsp3) is 0.273. The lowest BCUT2D eigenvalue weighted by Gasteiger charge is -2.28. The average molecular weight is 377 g/mol. The molecule has 3 aromatic rings. The molecule has 1 saturated heterocycles. The van der Waals surface area contributed by atoms with Crippen LogP contribution in [-0.4, -0.2) is 23.1 Å². The van der Waals surface area contributed by atoms with E-state index in [9.17, 15) is 4.39 Å². The molecule has 1 aliphatic heterocycles. The zero-order valence-corrected chi connectivity index (χ0v) is 15.7. The highest BCUT2D eigenvalue weighted by Gasteiger charge is 2.10. The molecule has 0 unspecified atom stereocenters. The maximum Gasteiger partial charge on any atom is 0.229 e. The van der Waals surface area contributed by atoms with E-state index in [1.165, 1.54) is 31.0 Å². The van der Waals surface area contributed by atoms with Crippen molar-refractivity contribution in [3.63, 3.8) is 0 Å². The highest BCUT2D eigenvalue weighted by Crippen LogP contribution is 2.23. The van der Waals surface area contributed by atoms with Crippen LogP contribution in [0.2, 0.25) is 0 Å². The smallest absolute Gasteiger partial charge is 0.229 e. The average Bonchev–Trinajstić information content (AvgIpc) is 2.75. The van der Waals surface area contributed by atoms with Gasteiger partial charge in [-0.15, -0.1) is 0 Å². The first-order chi connectivity index (χ1) is 13.8. The van der Waals surface area contributed by atoms with Crippen LogP contribution in [0.25, 0.3) is 0 Å². The molecule has 0 bridgehead atoms. The first kappa shape index (κ1) is 18.2. The molecule has 1 aromatic heterocycles. The third-order valence-corrected chi connectivity index (χ3v) is 4.92.